The molecule has 162 valence electrons. The van der Waals surface area contributed by atoms with Crippen LogP contribution < -0.4 is 10.2 Å². The van der Waals surface area contributed by atoms with Gasteiger partial charge in [-0.1, -0.05) is 30.3 Å². The van der Waals surface area contributed by atoms with E-state index in [2.05, 4.69) is 34.0 Å². The molecule has 31 heavy (non-hydrogen) atoms. The van der Waals surface area contributed by atoms with Crippen LogP contribution in [0.3, 0.4) is 0 Å². The molecule has 2 atom stereocenters. The van der Waals surface area contributed by atoms with Crippen LogP contribution in [0.2, 0.25) is 0 Å². The van der Waals surface area contributed by atoms with Crippen molar-refractivity contribution < 1.29 is 13.9 Å². The molecule has 7 heteroatoms. The van der Waals surface area contributed by atoms with Crippen LogP contribution in [-0.2, 0) is 16.0 Å². The zero-order valence-electron chi connectivity index (χ0n) is 18.0. The van der Waals surface area contributed by atoms with Crippen LogP contribution in [0.25, 0.3) is 11.3 Å². The molecular weight excluding hydrogens is 392 g/mol. The molecule has 0 bridgehead atoms. The Morgan fingerprint density at radius 1 is 1.06 bits per heavy atom. The first-order valence-corrected chi connectivity index (χ1v) is 10.7. The average Bonchev–Trinajstić information content (AvgIpc) is 3.23. The molecule has 0 saturated carbocycles. The maximum absolute atomic E-state index is 12.3. The normalized spacial score (nSPS) is 18.7. The van der Waals surface area contributed by atoms with Crippen LogP contribution >= 0.6 is 0 Å². The third-order valence-corrected chi connectivity index (χ3v) is 5.18. The minimum absolute atomic E-state index is 0.0435. The highest BCUT2D eigenvalue weighted by Gasteiger charge is 2.23. The lowest BCUT2D eigenvalue weighted by Crippen LogP contribution is -2.45. The fourth-order valence-electron chi connectivity index (χ4n) is 3.80. The first-order valence-electron chi connectivity index (χ1n) is 10.7. The van der Waals surface area contributed by atoms with Gasteiger partial charge in [0.05, 0.1) is 30.3 Å². The lowest BCUT2D eigenvalue weighted by molar-refractivity contribution is -0.116. The van der Waals surface area contributed by atoms with Gasteiger partial charge < -0.3 is 19.4 Å². The van der Waals surface area contributed by atoms with Crippen molar-refractivity contribution in [1.82, 2.24) is 9.97 Å². The summed E-state index contributed by atoms with van der Waals surface area (Å²) in [6.07, 6.45) is 5.46. The van der Waals surface area contributed by atoms with Crippen molar-refractivity contribution in [2.24, 2.45) is 0 Å². The fourth-order valence-corrected chi connectivity index (χ4v) is 3.80. The van der Waals surface area contributed by atoms with Crippen molar-refractivity contribution in [3.63, 3.8) is 0 Å². The Hall–Kier alpha value is -3.19. The Balaban J connectivity index is 1.23. The Morgan fingerprint density at radius 3 is 2.55 bits per heavy atom. The topological polar surface area (TPSA) is 80.5 Å². The summed E-state index contributed by atoms with van der Waals surface area (Å²) < 4.78 is 11.6. The van der Waals surface area contributed by atoms with E-state index in [-0.39, 0.29) is 18.1 Å². The summed E-state index contributed by atoms with van der Waals surface area (Å²) in [6, 6.07) is 13.7. The second-order valence-corrected chi connectivity index (χ2v) is 7.95. The Labute approximate surface area is 182 Å². The van der Waals surface area contributed by atoms with E-state index < -0.39 is 0 Å². The second kappa shape index (κ2) is 9.75. The summed E-state index contributed by atoms with van der Waals surface area (Å²) in [7, 11) is 0. The van der Waals surface area contributed by atoms with Gasteiger partial charge in [-0.3, -0.25) is 4.79 Å². The van der Waals surface area contributed by atoms with E-state index in [1.165, 1.54) is 0 Å². The van der Waals surface area contributed by atoms with Gasteiger partial charge >= 0.3 is 0 Å². The second-order valence-electron chi connectivity index (χ2n) is 7.95. The van der Waals surface area contributed by atoms with E-state index in [1.54, 1.807) is 12.4 Å². The van der Waals surface area contributed by atoms with Gasteiger partial charge in [-0.15, -0.1) is 0 Å². The molecular formula is C24H28N4O3. The highest BCUT2D eigenvalue weighted by molar-refractivity contribution is 5.90. The third kappa shape index (κ3) is 5.70. The molecule has 1 saturated heterocycles. The number of aromatic nitrogens is 2. The molecule has 3 aromatic rings. The number of nitrogens with one attached hydrogen (secondary N) is 1. The monoisotopic (exact) mass is 420 g/mol. The van der Waals surface area contributed by atoms with Crippen molar-refractivity contribution in [2.75, 3.05) is 23.3 Å². The maximum Gasteiger partial charge on any atom is 0.224 e. The average molecular weight is 421 g/mol. The number of morpholine rings is 1. The Kier molecular flexibility index (Phi) is 6.62. The molecule has 1 aliphatic heterocycles. The van der Waals surface area contributed by atoms with Crippen LogP contribution in [0.4, 0.5) is 11.5 Å². The van der Waals surface area contributed by atoms with E-state index in [0.29, 0.717) is 30.8 Å². The van der Waals surface area contributed by atoms with Crippen LogP contribution in [0.15, 0.2) is 59.3 Å². The van der Waals surface area contributed by atoms with E-state index in [1.807, 2.05) is 42.5 Å². The zero-order valence-corrected chi connectivity index (χ0v) is 18.0. The van der Waals surface area contributed by atoms with Gasteiger partial charge in [-0.2, -0.15) is 0 Å². The lowest BCUT2D eigenvalue weighted by atomic mass is 10.2. The van der Waals surface area contributed by atoms with E-state index in [9.17, 15) is 4.79 Å². The van der Waals surface area contributed by atoms with Gasteiger partial charge in [0, 0.05) is 31.5 Å². The number of oxazole rings is 1. The highest BCUT2D eigenvalue weighted by Crippen LogP contribution is 2.21. The number of pyridine rings is 1. The maximum atomic E-state index is 12.3. The number of nitrogens with zero attached hydrogens (tertiary/aromatic N) is 3. The smallest absolute Gasteiger partial charge is 0.224 e. The number of hydrogen-bond donors (Lipinski definition) is 1. The van der Waals surface area contributed by atoms with Crippen LogP contribution in [-0.4, -0.2) is 41.2 Å². The van der Waals surface area contributed by atoms with Crippen molar-refractivity contribution in [3.8, 4) is 11.3 Å². The summed E-state index contributed by atoms with van der Waals surface area (Å²) in [5, 5.41) is 2.91. The molecule has 1 aromatic carbocycles. The molecule has 2 unspecified atom stereocenters. The zero-order chi connectivity index (χ0) is 21.6. The van der Waals surface area contributed by atoms with Crippen molar-refractivity contribution in [3.05, 3.63) is 60.7 Å². The van der Waals surface area contributed by atoms with Gasteiger partial charge in [-0.05, 0) is 32.4 Å². The molecule has 0 aliphatic carbocycles. The number of benzene rings is 1. The van der Waals surface area contributed by atoms with Crippen molar-refractivity contribution >= 4 is 17.4 Å². The third-order valence-electron chi connectivity index (χ3n) is 5.18. The number of amides is 1. The molecule has 1 fully saturated rings. The molecule has 1 aliphatic rings. The van der Waals surface area contributed by atoms with E-state index in [0.717, 1.165) is 30.2 Å². The first kappa shape index (κ1) is 21.1. The van der Waals surface area contributed by atoms with E-state index in [4.69, 9.17) is 9.15 Å². The highest BCUT2D eigenvalue weighted by atomic mass is 16.5. The fraction of sp³-hybridized carbons (Fsp3) is 0.375. The minimum Gasteiger partial charge on any atom is -0.441 e. The summed E-state index contributed by atoms with van der Waals surface area (Å²) in [6.45, 7) is 5.77. The van der Waals surface area contributed by atoms with Crippen molar-refractivity contribution in [1.29, 1.82) is 0 Å². The van der Waals surface area contributed by atoms with Crippen LogP contribution in [0.5, 0.6) is 0 Å². The molecule has 1 N–H and O–H groups in total. The largest absolute Gasteiger partial charge is 0.441 e. The summed E-state index contributed by atoms with van der Waals surface area (Å²) in [4.78, 5) is 23.3. The van der Waals surface area contributed by atoms with Crippen LogP contribution in [0, 0.1) is 0 Å². The number of carbonyl (C=O) groups is 1. The predicted octanol–water partition coefficient (Wildman–Crippen LogP) is 4.31. The van der Waals surface area contributed by atoms with Gasteiger partial charge in [0.1, 0.15) is 5.82 Å². The molecule has 2 aromatic heterocycles. The number of hydrogen-bond acceptors (Lipinski definition) is 6. The molecule has 3 heterocycles. The quantitative estimate of drug-likeness (QED) is 0.613. The van der Waals surface area contributed by atoms with E-state index >= 15 is 0 Å². The first-order chi connectivity index (χ1) is 15.1. The molecule has 0 radical (unpaired) electrons. The number of anilines is 2. The standard InChI is InChI=1S/C24H28N4O3/c1-17-15-28(16-18(2)30-17)22-12-11-20(13-25-22)27-23(29)9-6-10-24-26-14-21(31-24)19-7-4-3-5-8-19/h3-5,7-8,11-14,17-18H,6,9-10,15-16H2,1-2H3,(H,27,29). The Morgan fingerprint density at radius 2 is 1.84 bits per heavy atom. The number of ether oxygens (including phenoxy) is 1. The number of rotatable bonds is 7. The SMILES string of the molecule is CC1CN(c2ccc(NC(=O)CCCc3ncc(-c4ccccc4)o3)cn2)CC(C)O1. The predicted molar refractivity (Wildman–Crippen MR) is 120 cm³/mol. The van der Waals surface area contributed by atoms with Crippen LogP contribution in [0.1, 0.15) is 32.6 Å². The summed E-state index contributed by atoms with van der Waals surface area (Å²) >= 11 is 0. The minimum atomic E-state index is -0.0435. The van der Waals surface area contributed by atoms with Gasteiger partial charge in [0.15, 0.2) is 11.7 Å². The summed E-state index contributed by atoms with van der Waals surface area (Å²) in [5.74, 6) is 2.25. The lowest BCUT2D eigenvalue weighted by Gasteiger charge is -2.36. The van der Waals surface area contributed by atoms with Crippen molar-refractivity contribution in [2.45, 2.75) is 45.3 Å². The number of aryl methyl sites for hydroxylation is 1. The van der Waals surface area contributed by atoms with Gasteiger partial charge in [0.25, 0.3) is 0 Å². The summed E-state index contributed by atoms with van der Waals surface area (Å²) in [5.41, 5.74) is 1.70. The van der Waals surface area contributed by atoms with Gasteiger partial charge in [-0.25, -0.2) is 9.97 Å². The molecule has 4 rings (SSSR count). The number of carbonyl (C=O) groups excluding carboxylic acids is 1. The molecule has 0 spiro atoms. The molecule has 1 amide bonds. The molecule has 7 nitrogen and oxygen atoms in total. The van der Waals surface area contributed by atoms with Gasteiger partial charge in [0.2, 0.25) is 5.91 Å². The Bertz CT molecular complexity index is 978.